The second kappa shape index (κ2) is 7.31. The van der Waals surface area contributed by atoms with E-state index in [-0.39, 0.29) is 0 Å². The van der Waals surface area contributed by atoms with Crippen molar-refractivity contribution in [3.8, 4) is 11.4 Å². The first-order valence-electron chi connectivity index (χ1n) is 10.9. The molecule has 152 valence electrons. The van der Waals surface area contributed by atoms with E-state index >= 15 is 0 Å². The SMILES string of the molecule is Cc1cc(C)c(-[n+]2cc3ccccc3cc2C)c(C)c1-[n+]1cc2ccccc2cc1C. The molecule has 0 aliphatic rings. The Morgan fingerprint density at radius 1 is 0.484 bits per heavy atom. The normalized spacial score (nSPS) is 11.4. The van der Waals surface area contributed by atoms with Crippen molar-refractivity contribution in [1.82, 2.24) is 0 Å². The molecule has 5 aromatic rings. The fourth-order valence-corrected chi connectivity index (χ4v) is 4.98. The van der Waals surface area contributed by atoms with Crippen molar-refractivity contribution in [3.05, 3.63) is 107 Å². The molecule has 0 saturated carbocycles. The highest BCUT2D eigenvalue weighted by Gasteiger charge is 2.27. The standard InChI is InChI=1S/C29H28N2/c1-19-14-20(2)29(31-18-27-13-9-7-11-25(27)16-22(31)4)23(5)28(19)30-17-26-12-8-6-10-24(26)15-21(30)3/h6-18H,1-5H3/q+2. The van der Waals surface area contributed by atoms with Gasteiger partial charge in [0, 0.05) is 47.9 Å². The first kappa shape index (κ1) is 19.4. The van der Waals surface area contributed by atoms with E-state index in [9.17, 15) is 0 Å². The number of nitrogens with zero attached hydrogens (tertiary/aromatic N) is 2. The summed E-state index contributed by atoms with van der Waals surface area (Å²) < 4.78 is 4.71. The van der Waals surface area contributed by atoms with Gasteiger partial charge >= 0.3 is 0 Å². The minimum Gasteiger partial charge on any atom is -0.163 e. The number of hydrogen-bond donors (Lipinski definition) is 0. The maximum Gasteiger partial charge on any atom is 0.223 e. The lowest BCUT2D eigenvalue weighted by Gasteiger charge is -2.13. The zero-order valence-corrected chi connectivity index (χ0v) is 18.9. The Morgan fingerprint density at radius 3 is 1.29 bits per heavy atom. The van der Waals surface area contributed by atoms with E-state index in [2.05, 4.69) is 123 Å². The molecule has 0 amide bonds. The smallest absolute Gasteiger partial charge is 0.163 e. The molecule has 0 aliphatic heterocycles. The molecule has 31 heavy (non-hydrogen) atoms. The van der Waals surface area contributed by atoms with Crippen LogP contribution in [0.1, 0.15) is 28.1 Å². The third-order valence-electron chi connectivity index (χ3n) is 6.39. The zero-order valence-electron chi connectivity index (χ0n) is 18.9. The third-order valence-corrected chi connectivity index (χ3v) is 6.39. The van der Waals surface area contributed by atoms with E-state index in [0.717, 1.165) is 0 Å². The van der Waals surface area contributed by atoms with Gasteiger partial charge in [0.1, 0.15) is 0 Å². The van der Waals surface area contributed by atoms with E-state index in [4.69, 9.17) is 0 Å². The number of benzene rings is 3. The summed E-state index contributed by atoms with van der Waals surface area (Å²) in [5.74, 6) is 0. The van der Waals surface area contributed by atoms with Gasteiger partial charge in [-0.05, 0) is 49.7 Å². The fourth-order valence-electron chi connectivity index (χ4n) is 4.98. The maximum absolute atomic E-state index is 2.35. The van der Waals surface area contributed by atoms with Gasteiger partial charge in [-0.1, -0.05) is 36.4 Å². The van der Waals surface area contributed by atoms with Gasteiger partial charge in [0.05, 0.1) is 5.56 Å². The lowest BCUT2D eigenvalue weighted by molar-refractivity contribution is -0.610. The van der Waals surface area contributed by atoms with Crippen LogP contribution in [0.4, 0.5) is 0 Å². The molecule has 2 aromatic heterocycles. The average molecular weight is 405 g/mol. The second-order valence-electron chi connectivity index (χ2n) is 8.66. The van der Waals surface area contributed by atoms with Crippen molar-refractivity contribution in [2.45, 2.75) is 34.6 Å². The molecule has 0 fully saturated rings. The summed E-state index contributed by atoms with van der Waals surface area (Å²) in [6, 6.07) is 24.0. The van der Waals surface area contributed by atoms with Crippen molar-refractivity contribution in [3.63, 3.8) is 0 Å². The molecule has 2 heteroatoms. The molecule has 5 rings (SSSR count). The van der Waals surface area contributed by atoms with Gasteiger partial charge in [0.15, 0.2) is 23.8 Å². The summed E-state index contributed by atoms with van der Waals surface area (Å²) >= 11 is 0. The van der Waals surface area contributed by atoms with Crippen LogP contribution in [0.25, 0.3) is 32.9 Å². The quantitative estimate of drug-likeness (QED) is 0.315. The van der Waals surface area contributed by atoms with Crippen LogP contribution in [0.5, 0.6) is 0 Å². The van der Waals surface area contributed by atoms with E-state index < -0.39 is 0 Å². The summed E-state index contributed by atoms with van der Waals surface area (Å²) in [6.07, 6.45) is 4.55. The Bertz CT molecular complexity index is 1370. The predicted molar refractivity (Wildman–Crippen MR) is 128 cm³/mol. The van der Waals surface area contributed by atoms with Crippen molar-refractivity contribution < 1.29 is 9.13 Å². The number of rotatable bonds is 2. The largest absolute Gasteiger partial charge is 0.223 e. The van der Waals surface area contributed by atoms with Gasteiger partial charge in [0.25, 0.3) is 0 Å². The number of hydrogen-bond acceptors (Lipinski definition) is 0. The highest BCUT2D eigenvalue weighted by atomic mass is 15.0. The summed E-state index contributed by atoms with van der Waals surface area (Å²) in [4.78, 5) is 0. The number of aryl methyl sites for hydroxylation is 4. The molecule has 0 radical (unpaired) electrons. The molecule has 0 bridgehead atoms. The maximum atomic E-state index is 2.35. The van der Waals surface area contributed by atoms with Crippen molar-refractivity contribution in [2.75, 3.05) is 0 Å². The molecular formula is C29H28N2+2. The Balaban J connectivity index is 1.81. The van der Waals surface area contributed by atoms with Crippen LogP contribution in [-0.4, -0.2) is 0 Å². The van der Waals surface area contributed by atoms with Gasteiger partial charge in [-0.25, -0.2) is 0 Å². The van der Waals surface area contributed by atoms with Gasteiger partial charge in [-0.2, -0.15) is 9.13 Å². The van der Waals surface area contributed by atoms with Crippen molar-refractivity contribution in [1.29, 1.82) is 0 Å². The van der Waals surface area contributed by atoms with Crippen molar-refractivity contribution >= 4 is 21.5 Å². The first-order valence-corrected chi connectivity index (χ1v) is 10.9. The Hall–Kier alpha value is -3.52. The summed E-state index contributed by atoms with van der Waals surface area (Å²) in [6.45, 7) is 11.1. The molecule has 0 spiro atoms. The van der Waals surface area contributed by atoms with E-state index in [1.54, 1.807) is 0 Å². The molecule has 3 aromatic carbocycles. The molecule has 0 atom stereocenters. The lowest BCUT2D eigenvalue weighted by atomic mass is 9.99. The topological polar surface area (TPSA) is 7.76 Å². The van der Waals surface area contributed by atoms with E-state index in [1.807, 2.05) is 0 Å². The Kier molecular flexibility index (Phi) is 4.59. The van der Waals surface area contributed by atoms with E-state index in [1.165, 1.54) is 61.0 Å². The molecule has 2 nitrogen and oxygen atoms in total. The van der Waals surface area contributed by atoms with Gasteiger partial charge in [-0.15, -0.1) is 0 Å². The van der Waals surface area contributed by atoms with Crippen LogP contribution in [-0.2, 0) is 0 Å². The minimum atomic E-state index is 1.24. The summed E-state index contributed by atoms with van der Waals surface area (Å²) in [7, 11) is 0. The molecular weight excluding hydrogens is 376 g/mol. The van der Waals surface area contributed by atoms with Gasteiger partial charge in [-0.3, -0.25) is 0 Å². The molecule has 0 unspecified atom stereocenters. The zero-order chi connectivity index (χ0) is 21.7. The van der Waals surface area contributed by atoms with Crippen molar-refractivity contribution in [2.24, 2.45) is 0 Å². The molecule has 0 saturated heterocycles. The number of aromatic nitrogens is 2. The molecule has 0 aliphatic carbocycles. The van der Waals surface area contributed by atoms with Gasteiger partial charge < -0.3 is 0 Å². The predicted octanol–water partition coefficient (Wildman–Crippen LogP) is 6.09. The highest BCUT2D eigenvalue weighted by molar-refractivity contribution is 5.82. The second-order valence-corrected chi connectivity index (χ2v) is 8.66. The summed E-state index contributed by atoms with van der Waals surface area (Å²) in [5.41, 5.74) is 8.89. The fraction of sp³-hybridized carbons (Fsp3) is 0.172. The minimum absolute atomic E-state index is 1.24. The van der Waals surface area contributed by atoms with Gasteiger partial charge in [0.2, 0.25) is 11.4 Å². The monoisotopic (exact) mass is 404 g/mol. The third kappa shape index (κ3) is 3.19. The van der Waals surface area contributed by atoms with Crippen LogP contribution >= 0.6 is 0 Å². The Labute approximate surface area is 184 Å². The van der Waals surface area contributed by atoms with Crippen LogP contribution in [0, 0.1) is 34.6 Å². The van der Waals surface area contributed by atoms with E-state index in [0.29, 0.717) is 0 Å². The number of pyridine rings is 2. The average Bonchev–Trinajstić information content (AvgIpc) is 2.74. The Morgan fingerprint density at radius 2 is 0.871 bits per heavy atom. The van der Waals surface area contributed by atoms with Crippen LogP contribution in [0.15, 0.2) is 79.1 Å². The van der Waals surface area contributed by atoms with Crippen LogP contribution < -0.4 is 9.13 Å². The first-order chi connectivity index (χ1) is 14.9. The summed E-state index contributed by atoms with van der Waals surface area (Å²) in [5, 5.41) is 5.06. The molecule has 0 N–H and O–H groups in total. The lowest BCUT2D eigenvalue weighted by Crippen LogP contribution is -2.40. The van der Waals surface area contributed by atoms with Crippen LogP contribution in [0.2, 0.25) is 0 Å². The number of fused-ring (bicyclic) bond motifs is 2. The highest BCUT2D eigenvalue weighted by Crippen LogP contribution is 2.25. The van der Waals surface area contributed by atoms with Crippen LogP contribution in [0.3, 0.4) is 0 Å². The molecule has 2 heterocycles.